The molecule has 2 aromatic rings. The van der Waals surface area contributed by atoms with Gasteiger partial charge in [0, 0.05) is 23.2 Å². The van der Waals surface area contributed by atoms with Crippen LogP contribution in [0.1, 0.15) is 48.9 Å². The summed E-state index contributed by atoms with van der Waals surface area (Å²) in [4.78, 5) is 12.0. The lowest BCUT2D eigenvalue weighted by molar-refractivity contribution is -0.118. The van der Waals surface area contributed by atoms with Gasteiger partial charge in [-0.15, -0.1) is 0 Å². The zero-order valence-electron chi connectivity index (χ0n) is 15.6. The Morgan fingerprint density at radius 3 is 2.65 bits per heavy atom. The van der Waals surface area contributed by atoms with Crippen LogP contribution in [-0.4, -0.2) is 5.91 Å². The summed E-state index contributed by atoms with van der Waals surface area (Å²) in [5.74, 6) is 0.952. The Morgan fingerprint density at radius 2 is 1.92 bits per heavy atom. The van der Waals surface area contributed by atoms with Crippen molar-refractivity contribution in [2.75, 3.05) is 10.6 Å². The fourth-order valence-corrected chi connectivity index (χ4v) is 4.06. The highest BCUT2D eigenvalue weighted by atomic mass is 16.1. The number of rotatable bonds is 3. The fraction of sp³-hybridized carbons (Fsp3) is 0.348. The van der Waals surface area contributed by atoms with Crippen molar-refractivity contribution in [3.05, 3.63) is 71.3 Å². The van der Waals surface area contributed by atoms with E-state index in [0.29, 0.717) is 17.9 Å². The summed E-state index contributed by atoms with van der Waals surface area (Å²) in [6, 6.07) is 15.4. The average Bonchev–Trinajstić information content (AvgIpc) is 3.12. The van der Waals surface area contributed by atoms with Crippen molar-refractivity contribution in [1.29, 1.82) is 0 Å². The number of hydrogen-bond donors (Lipinski definition) is 2. The van der Waals surface area contributed by atoms with Gasteiger partial charge in [-0.1, -0.05) is 55.8 Å². The molecule has 0 bridgehead atoms. The first kappa shape index (κ1) is 16.9. The Morgan fingerprint density at radius 1 is 1.15 bits per heavy atom. The lowest BCUT2D eigenvalue weighted by Gasteiger charge is -2.37. The van der Waals surface area contributed by atoms with Crippen LogP contribution in [0.4, 0.5) is 11.4 Å². The van der Waals surface area contributed by atoms with E-state index in [4.69, 9.17) is 0 Å². The molecule has 0 saturated carbocycles. The molecule has 1 heterocycles. The highest BCUT2D eigenvalue weighted by molar-refractivity contribution is 5.92. The zero-order chi connectivity index (χ0) is 18.3. The molecular formula is C23H26N2O. The van der Waals surface area contributed by atoms with Gasteiger partial charge in [0.1, 0.15) is 0 Å². The van der Waals surface area contributed by atoms with Gasteiger partial charge in [0.15, 0.2) is 0 Å². The summed E-state index contributed by atoms with van der Waals surface area (Å²) >= 11 is 0. The molecule has 4 rings (SSSR count). The van der Waals surface area contributed by atoms with Crippen LogP contribution in [0.2, 0.25) is 0 Å². The maximum absolute atomic E-state index is 12.0. The molecule has 0 aromatic heterocycles. The second kappa shape index (κ2) is 6.64. The lowest BCUT2D eigenvalue weighted by atomic mass is 9.77. The third-order valence-corrected chi connectivity index (χ3v) is 5.59. The van der Waals surface area contributed by atoms with Crippen LogP contribution in [0.5, 0.6) is 0 Å². The first-order chi connectivity index (χ1) is 12.5. The number of hydrogen-bond acceptors (Lipinski definition) is 2. The number of allylic oxidation sites excluding steroid dienone is 2. The van der Waals surface area contributed by atoms with Crippen LogP contribution in [-0.2, 0) is 4.79 Å². The van der Waals surface area contributed by atoms with E-state index in [1.54, 1.807) is 0 Å². The van der Waals surface area contributed by atoms with Crippen LogP contribution in [0.3, 0.4) is 0 Å². The normalized spacial score (nSPS) is 23.3. The summed E-state index contributed by atoms with van der Waals surface area (Å²) in [7, 11) is 0. The molecule has 0 radical (unpaired) electrons. The molecule has 0 fully saturated rings. The van der Waals surface area contributed by atoms with Crippen molar-refractivity contribution in [2.45, 2.75) is 39.2 Å². The maximum Gasteiger partial charge on any atom is 0.226 e. The quantitative estimate of drug-likeness (QED) is 0.729. The van der Waals surface area contributed by atoms with E-state index < -0.39 is 0 Å². The van der Waals surface area contributed by atoms with Crippen LogP contribution in [0.25, 0.3) is 0 Å². The fourth-order valence-electron chi connectivity index (χ4n) is 4.06. The van der Waals surface area contributed by atoms with Crippen molar-refractivity contribution < 1.29 is 4.79 Å². The van der Waals surface area contributed by atoms with Crippen molar-refractivity contribution in [3.63, 3.8) is 0 Å². The smallest absolute Gasteiger partial charge is 0.226 e. The molecule has 2 aliphatic rings. The molecule has 0 saturated heterocycles. The topological polar surface area (TPSA) is 41.1 Å². The van der Waals surface area contributed by atoms with Crippen LogP contribution in [0.15, 0.2) is 54.6 Å². The van der Waals surface area contributed by atoms with Gasteiger partial charge in [0.05, 0.1) is 6.04 Å². The minimum absolute atomic E-state index is 0.0193. The molecule has 134 valence electrons. The van der Waals surface area contributed by atoms with Crippen LogP contribution in [0, 0.1) is 18.8 Å². The predicted molar refractivity (Wildman–Crippen MR) is 107 cm³/mol. The van der Waals surface area contributed by atoms with E-state index in [2.05, 4.69) is 66.1 Å². The Balaban J connectivity index is 1.66. The Kier molecular flexibility index (Phi) is 4.31. The highest BCUT2D eigenvalue weighted by Gasteiger charge is 2.37. The number of fused-ring (bicyclic) bond motifs is 3. The van der Waals surface area contributed by atoms with Crippen molar-refractivity contribution in [1.82, 2.24) is 0 Å². The van der Waals surface area contributed by atoms with E-state index in [1.807, 2.05) is 19.9 Å². The third-order valence-electron chi connectivity index (χ3n) is 5.59. The molecule has 2 aromatic carbocycles. The second-order valence-electron chi connectivity index (χ2n) is 7.83. The molecule has 1 aliphatic heterocycles. The molecule has 1 aliphatic carbocycles. The van der Waals surface area contributed by atoms with E-state index >= 15 is 0 Å². The van der Waals surface area contributed by atoms with Gasteiger partial charge < -0.3 is 10.6 Å². The summed E-state index contributed by atoms with van der Waals surface area (Å²) in [6.07, 6.45) is 5.71. The summed E-state index contributed by atoms with van der Waals surface area (Å²) in [6.45, 7) is 5.95. The molecule has 1 amide bonds. The molecule has 0 spiro atoms. The SMILES string of the molecule is Cc1ccc(C2Nc3ccc(NC(=O)C(C)C)cc3C3C=CCC32)cc1. The molecular weight excluding hydrogens is 320 g/mol. The lowest BCUT2D eigenvalue weighted by Crippen LogP contribution is -2.29. The number of amides is 1. The number of carbonyl (C=O) groups is 1. The molecule has 3 atom stereocenters. The number of nitrogens with one attached hydrogen (secondary N) is 2. The van der Waals surface area contributed by atoms with E-state index in [1.165, 1.54) is 22.4 Å². The van der Waals surface area contributed by atoms with Crippen molar-refractivity contribution in [3.8, 4) is 0 Å². The molecule has 3 unspecified atom stereocenters. The standard InChI is InChI=1S/C23H26N2O/c1-14(2)23(26)24-17-11-12-21-20(13-17)18-5-4-6-19(18)22(25-21)16-9-7-15(3)8-10-16/h4-5,7-14,18-19,22,25H,6H2,1-3H3,(H,24,26). The van der Waals surface area contributed by atoms with E-state index in [0.717, 1.165) is 12.1 Å². The van der Waals surface area contributed by atoms with Crippen LogP contribution < -0.4 is 10.6 Å². The third kappa shape index (κ3) is 3.03. The summed E-state index contributed by atoms with van der Waals surface area (Å²) in [5.41, 5.74) is 5.98. The second-order valence-corrected chi connectivity index (χ2v) is 7.83. The first-order valence-corrected chi connectivity index (χ1v) is 9.47. The number of benzene rings is 2. The average molecular weight is 346 g/mol. The number of aryl methyl sites for hydroxylation is 1. The highest BCUT2D eigenvalue weighted by Crippen LogP contribution is 2.50. The Labute approximate surface area is 155 Å². The van der Waals surface area contributed by atoms with Gasteiger partial charge in [-0.3, -0.25) is 4.79 Å². The van der Waals surface area contributed by atoms with E-state index in [9.17, 15) is 4.79 Å². The van der Waals surface area contributed by atoms with E-state index in [-0.39, 0.29) is 11.8 Å². The largest absolute Gasteiger partial charge is 0.378 e. The number of anilines is 2. The van der Waals surface area contributed by atoms with Gasteiger partial charge in [0.2, 0.25) is 5.91 Å². The maximum atomic E-state index is 12.0. The monoisotopic (exact) mass is 346 g/mol. The van der Waals surface area contributed by atoms with Gasteiger partial charge in [-0.2, -0.15) is 0 Å². The minimum atomic E-state index is -0.0193. The van der Waals surface area contributed by atoms with Crippen molar-refractivity contribution >= 4 is 17.3 Å². The molecule has 3 nitrogen and oxygen atoms in total. The zero-order valence-corrected chi connectivity index (χ0v) is 15.6. The summed E-state index contributed by atoms with van der Waals surface area (Å²) in [5, 5.41) is 6.78. The minimum Gasteiger partial charge on any atom is -0.378 e. The molecule has 3 heteroatoms. The van der Waals surface area contributed by atoms with Gasteiger partial charge in [0.25, 0.3) is 0 Å². The van der Waals surface area contributed by atoms with Gasteiger partial charge >= 0.3 is 0 Å². The molecule has 2 N–H and O–H groups in total. The molecule has 26 heavy (non-hydrogen) atoms. The Bertz CT molecular complexity index is 851. The van der Waals surface area contributed by atoms with Crippen LogP contribution >= 0.6 is 0 Å². The summed E-state index contributed by atoms with van der Waals surface area (Å²) < 4.78 is 0. The number of carbonyl (C=O) groups excluding carboxylic acids is 1. The van der Waals surface area contributed by atoms with Gasteiger partial charge in [-0.05, 0) is 48.6 Å². The Hall–Kier alpha value is -2.55. The van der Waals surface area contributed by atoms with Crippen molar-refractivity contribution in [2.24, 2.45) is 11.8 Å². The van der Waals surface area contributed by atoms with Gasteiger partial charge in [-0.25, -0.2) is 0 Å². The predicted octanol–water partition coefficient (Wildman–Crippen LogP) is 5.42. The first-order valence-electron chi connectivity index (χ1n) is 9.47.